The Balaban J connectivity index is 1.91. The number of phenolic OH excluding ortho intramolecular Hbond substituents is 1. The Morgan fingerprint density at radius 1 is 1.35 bits per heavy atom. The highest BCUT2D eigenvalue weighted by Gasteiger charge is 2.31. The lowest BCUT2D eigenvalue weighted by molar-refractivity contribution is -0.132. The van der Waals surface area contributed by atoms with Crippen LogP contribution in [0.25, 0.3) is 0 Å². The molecule has 110 valence electrons. The average Bonchev–Trinajstić information content (AvgIpc) is 2.39. The molecule has 0 unspecified atom stereocenters. The SMILES string of the molecule is CN(Cc1cccc(O)c1)C(=O)CC1(N)CCCCC1. The smallest absolute Gasteiger partial charge is 0.224 e. The summed E-state index contributed by atoms with van der Waals surface area (Å²) in [5.41, 5.74) is 6.94. The van der Waals surface area contributed by atoms with Crippen LogP contribution >= 0.6 is 0 Å². The summed E-state index contributed by atoms with van der Waals surface area (Å²) in [6, 6.07) is 7.00. The van der Waals surface area contributed by atoms with Crippen molar-refractivity contribution < 1.29 is 9.90 Å². The van der Waals surface area contributed by atoms with E-state index >= 15 is 0 Å². The summed E-state index contributed by atoms with van der Waals surface area (Å²) < 4.78 is 0. The molecule has 4 nitrogen and oxygen atoms in total. The van der Waals surface area contributed by atoms with Crippen molar-refractivity contribution >= 4 is 5.91 Å². The number of carbonyl (C=O) groups excluding carboxylic acids is 1. The lowest BCUT2D eigenvalue weighted by Gasteiger charge is -2.34. The Bertz CT molecular complexity index is 467. The summed E-state index contributed by atoms with van der Waals surface area (Å²) in [4.78, 5) is 14.0. The van der Waals surface area contributed by atoms with Crippen LogP contribution in [0.5, 0.6) is 5.75 Å². The molecule has 3 N–H and O–H groups in total. The number of nitrogens with zero attached hydrogens (tertiary/aromatic N) is 1. The normalized spacial score (nSPS) is 17.7. The fourth-order valence-electron chi connectivity index (χ4n) is 2.89. The van der Waals surface area contributed by atoms with Gasteiger partial charge in [-0.15, -0.1) is 0 Å². The summed E-state index contributed by atoms with van der Waals surface area (Å²) in [6.07, 6.45) is 5.78. The van der Waals surface area contributed by atoms with E-state index in [1.165, 1.54) is 6.42 Å². The molecule has 0 radical (unpaired) electrons. The van der Waals surface area contributed by atoms with Crippen LogP contribution in [0.3, 0.4) is 0 Å². The van der Waals surface area contributed by atoms with Gasteiger partial charge in [0, 0.05) is 25.6 Å². The molecular formula is C16H24N2O2. The molecule has 0 aliphatic heterocycles. The van der Waals surface area contributed by atoms with Gasteiger partial charge in [-0.3, -0.25) is 4.79 Å². The molecule has 0 heterocycles. The van der Waals surface area contributed by atoms with Gasteiger partial charge < -0.3 is 15.7 Å². The van der Waals surface area contributed by atoms with Gasteiger partial charge in [-0.2, -0.15) is 0 Å². The van der Waals surface area contributed by atoms with Crippen molar-refractivity contribution in [3.05, 3.63) is 29.8 Å². The molecule has 1 saturated carbocycles. The molecule has 4 heteroatoms. The van der Waals surface area contributed by atoms with Crippen molar-refractivity contribution in [1.82, 2.24) is 4.90 Å². The van der Waals surface area contributed by atoms with Crippen molar-refractivity contribution in [3.8, 4) is 5.75 Å². The Hall–Kier alpha value is -1.55. The summed E-state index contributed by atoms with van der Waals surface area (Å²) in [7, 11) is 1.79. The minimum Gasteiger partial charge on any atom is -0.508 e. The van der Waals surface area contributed by atoms with Crippen LogP contribution < -0.4 is 5.73 Å². The first kappa shape index (κ1) is 14.9. The number of hydrogen-bond donors (Lipinski definition) is 2. The van der Waals surface area contributed by atoms with Gasteiger partial charge in [0.15, 0.2) is 0 Å². The standard InChI is InChI=1S/C16H24N2O2/c1-18(12-13-6-5-7-14(19)10-13)15(20)11-16(17)8-3-2-4-9-16/h5-7,10,19H,2-4,8-9,11-12,17H2,1H3. The fraction of sp³-hybridized carbons (Fsp3) is 0.562. The second-order valence-corrected chi connectivity index (χ2v) is 6.02. The van der Waals surface area contributed by atoms with Crippen molar-refractivity contribution in [2.24, 2.45) is 5.73 Å². The van der Waals surface area contributed by atoms with Crippen LogP contribution in [0.1, 0.15) is 44.1 Å². The first-order chi connectivity index (χ1) is 9.48. The highest BCUT2D eigenvalue weighted by atomic mass is 16.3. The monoisotopic (exact) mass is 276 g/mol. The van der Waals surface area contributed by atoms with Crippen LogP contribution in [-0.4, -0.2) is 28.5 Å². The maximum Gasteiger partial charge on any atom is 0.224 e. The molecular weight excluding hydrogens is 252 g/mol. The van der Waals surface area contributed by atoms with Gasteiger partial charge in [-0.25, -0.2) is 0 Å². The topological polar surface area (TPSA) is 66.6 Å². The molecule has 0 spiro atoms. The molecule has 0 aromatic heterocycles. The van der Waals surface area contributed by atoms with Gasteiger partial charge in [-0.1, -0.05) is 31.4 Å². The number of aromatic hydroxyl groups is 1. The molecule has 0 atom stereocenters. The second kappa shape index (κ2) is 6.27. The maximum atomic E-state index is 12.3. The van der Waals surface area contributed by atoms with Gasteiger partial charge >= 0.3 is 0 Å². The summed E-state index contributed by atoms with van der Waals surface area (Å²) in [6.45, 7) is 0.503. The maximum absolute atomic E-state index is 12.3. The zero-order valence-electron chi connectivity index (χ0n) is 12.1. The third-order valence-electron chi connectivity index (χ3n) is 4.11. The predicted octanol–water partition coefficient (Wildman–Crippen LogP) is 2.40. The Morgan fingerprint density at radius 3 is 2.70 bits per heavy atom. The fourth-order valence-corrected chi connectivity index (χ4v) is 2.89. The molecule has 2 rings (SSSR count). The number of amides is 1. The van der Waals surface area contributed by atoms with Crippen molar-refractivity contribution in [1.29, 1.82) is 0 Å². The highest BCUT2D eigenvalue weighted by Crippen LogP contribution is 2.29. The molecule has 0 bridgehead atoms. The Morgan fingerprint density at radius 2 is 2.05 bits per heavy atom. The van der Waals surface area contributed by atoms with E-state index in [0.29, 0.717) is 13.0 Å². The van der Waals surface area contributed by atoms with E-state index in [2.05, 4.69) is 0 Å². The summed E-state index contributed by atoms with van der Waals surface area (Å²) in [5, 5.41) is 9.44. The van der Waals surface area contributed by atoms with E-state index in [-0.39, 0.29) is 17.2 Å². The lowest BCUT2D eigenvalue weighted by atomic mass is 9.80. The molecule has 1 aliphatic carbocycles. The van der Waals surface area contributed by atoms with Crippen molar-refractivity contribution in [3.63, 3.8) is 0 Å². The molecule has 20 heavy (non-hydrogen) atoms. The molecule has 1 aromatic carbocycles. The van der Waals surface area contributed by atoms with Crippen molar-refractivity contribution in [2.45, 2.75) is 50.6 Å². The van der Waals surface area contributed by atoms with E-state index in [1.54, 1.807) is 30.1 Å². The summed E-state index contributed by atoms with van der Waals surface area (Å²) >= 11 is 0. The quantitative estimate of drug-likeness (QED) is 0.887. The number of hydrogen-bond acceptors (Lipinski definition) is 3. The molecule has 1 aromatic rings. The minimum absolute atomic E-state index is 0.0812. The van der Waals surface area contributed by atoms with Crippen LogP contribution in [0.2, 0.25) is 0 Å². The lowest BCUT2D eigenvalue weighted by Crippen LogP contribution is -2.46. The van der Waals surface area contributed by atoms with Crippen molar-refractivity contribution in [2.75, 3.05) is 7.05 Å². The van der Waals surface area contributed by atoms with Gasteiger partial charge in [0.2, 0.25) is 5.91 Å². The third kappa shape index (κ3) is 3.97. The second-order valence-electron chi connectivity index (χ2n) is 6.02. The minimum atomic E-state index is -0.317. The molecule has 1 aliphatic rings. The van der Waals surface area contributed by atoms with Crippen LogP contribution in [0, 0.1) is 0 Å². The zero-order valence-corrected chi connectivity index (χ0v) is 12.1. The van der Waals surface area contributed by atoms with Gasteiger partial charge in [-0.05, 0) is 30.5 Å². The molecule has 1 fully saturated rings. The van der Waals surface area contributed by atoms with E-state index < -0.39 is 0 Å². The summed E-state index contributed by atoms with van der Waals surface area (Å²) in [5.74, 6) is 0.309. The van der Waals surface area contributed by atoms with Crippen LogP contribution in [0.4, 0.5) is 0 Å². The van der Waals surface area contributed by atoms with Gasteiger partial charge in [0.05, 0.1) is 0 Å². The number of benzene rings is 1. The van der Waals surface area contributed by atoms with Crippen LogP contribution in [0.15, 0.2) is 24.3 Å². The largest absolute Gasteiger partial charge is 0.508 e. The van der Waals surface area contributed by atoms with E-state index in [1.807, 2.05) is 6.07 Å². The Labute approximate surface area is 120 Å². The first-order valence-electron chi connectivity index (χ1n) is 7.29. The zero-order chi connectivity index (χ0) is 14.6. The molecule has 0 saturated heterocycles. The van der Waals surface area contributed by atoms with Gasteiger partial charge in [0.25, 0.3) is 0 Å². The van der Waals surface area contributed by atoms with Gasteiger partial charge in [0.1, 0.15) is 5.75 Å². The number of nitrogens with two attached hydrogens (primary N) is 1. The predicted molar refractivity (Wildman–Crippen MR) is 79.2 cm³/mol. The Kier molecular flexibility index (Phi) is 4.65. The first-order valence-corrected chi connectivity index (χ1v) is 7.29. The van der Waals surface area contributed by atoms with Crippen LogP contribution in [-0.2, 0) is 11.3 Å². The number of phenols is 1. The highest BCUT2D eigenvalue weighted by molar-refractivity contribution is 5.77. The average molecular weight is 276 g/mol. The molecule has 1 amide bonds. The van der Waals surface area contributed by atoms with E-state index in [9.17, 15) is 9.90 Å². The number of rotatable bonds is 4. The van der Waals surface area contributed by atoms with E-state index in [4.69, 9.17) is 5.73 Å². The number of carbonyl (C=O) groups is 1. The van der Waals surface area contributed by atoms with E-state index in [0.717, 1.165) is 31.2 Å². The third-order valence-corrected chi connectivity index (χ3v) is 4.11.